The highest BCUT2D eigenvalue weighted by Gasteiger charge is 2.20. The molecule has 16 heavy (non-hydrogen) atoms. The summed E-state index contributed by atoms with van der Waals surface area (Å²) in [6, 6.07) is 0.539. The van der Waals surface area contributed by atoms with Crippen LogP contribution in [0.1, 0.15) is 0 Å². The summed E-state index contributed by atoms with van der Waals surface area (Å²) in [6.07, 6.45) is 0. The van der Waals surface area contributed by atoms with Gasteiger partial charge in [-0.15, -0.1) is 0 Å². The van der Waals surface area contributed by atoms with Crippen molar-refractivity contribution in [3.8, 4) is 0 Å². The number of rotatable bonds is 0. The molecule has 0 saturated carbocycles. The molecule has 2 aromatic rings. The minimum Gasteiger partial charge on any atom is -0.204 e. The molecule has 0 aliphatic carbocycles. The molecule has 0 N–H and O–H groups in total. The summed E-state index contributed by atoms with van der Waals surface area (Å²) >= 11 is 0. The van der Waals surface area contributed by atoms with Crippen molar-refractivity contribution in [1.82, 2.24) is 0 Å². The van der Waals surface area contributed by atoms with Gasteiger partial charge in [-0.1, -0.05) is 0 Å². The van der Waals surface area contributed by atoms with Crippen LogP contribution in [0.15, 0.2) is 12.1 Å². The second-order valence-electron chi connectivity index (χ2n) is 3.07. The van der Waals surface area contributed by atoms with Crippen LogP contribution in [-0.2, 0) is 0 Å². The van der Waals surface area contributed by atoms with Gasteiger partial charge in [0.1, 0.15) is 0 Å². The molecular formula is C10H2F6. The zero-order valence-corrected chi connectivity index (χ0v) is 7.42. The van der Waals surface area contributed by atoms with Gasteiger partial charge in [0, 0.05) is 10.8 Å². The summed E-state index contributed by atoms with van der Waals surface area (Å²) in [5, 5.41) is -1.70. The Morgan fingerprint density at radius 2 is 0.812 bits per heavy atom. The standard InChI is InChI=1S/C10H2F6/c11-5-1-3-4(8(14)9(5)15)2-6(12)10(16)7(3)13/h1-2H. The molecule has 0 saturated heterocycles. The topological polar surface area (TPSA) is 0 Å². The predicted octanol–water partition coefficient (Wildman–Crippen LogP) is 3.67. The maximum absolute atomic E-state index is 13.1. The maximum atomic E-state index is 13.1. The molecule has 6 heteroatoms. The molecule has 0 bridgehead atoms. The van der Waals surface area contributed by atoms with E-state index in [1.54, 1.807) is 0 Å². The van der Waals surface area contributed by atoms with Crippen molar-refractivity contribution in [3.05, 3.63) is 47.0 Å². The first-order valence-electron chi connectivity index (χ1n) is 4.04. The van der Waals surface area contributed by atoms with Crippen LogP contribution in [-0.4, -0.2) is 0 Å². The van der Waals surface area contributed by atoms with Gasteiger partial charge in [0.25, 0.3) is 0 Å². The average Bonchev–Trinajstić information content (AvgIpc) is 2.25. The molecule has 0 spiro atoms. The lowest BCUT2D eigenvalue weighted by Gasteiger charge is -2.04. The minimum absolute atomic E-state index is 0.269. The number of hydrogen-bond acceptors (Lipinski definition) is 0. The molecule has 0 nitrogen and oxygen atoms in total. The van der Waals surface area contributed by atoms with Gasteiger partial charge in [-0.25, -0.2) is 26.3 Å². The Labute approximate surface area is 85.1 Å². The first kappa shape index (κ1) is 10.8. The molecule has 84 valence electrons. The van der Waals surface area contributed by atoms with E-state index in [2.05, 4.69) is 0 Å². The second-order valence-corrected chi connectivity index (χ2v) is 3.07. The van der Waals surface area contributed by atoms with Crippen molar-refractivity contribution in [1.29, 1.82) is 0 Å². The zero-order valence-electron chi connectivity index (χ0n) is 7.42. The highest BCUT2D eigenvalue weighted by molar-refractivity contribution is 5.84. The number of hydrogen-bond donors (Lipinski definition) is 0. The van der Waals surface area contributed by atoms with Crippen molar-refractivity contribution >= 4 is 10.8 Å². The van der Waals surface area contributed by atoms with Crippen LogP contribution in [0, 0.1) is 34.9 Å². The third-order valence-corrected chi connectivity index (χ3v) is 2.11. The Kier molecular flexibility index (Phi) is 2.29. The lowest BCUT2D eigenvalue weighted by molar-refractivity contribution is 0.441. The average molecular weight is 236 g/mol. The van der Waals surface area contributed by atoms with Gasteiger partial charge in [0.15, 0.2) is 34.9 Å². The van der Waals surface area contributed by atoms with E-state index in [1.807, 2.05) is 0 Å². The Balaban J connectivity index is 3.02. The van der Waals surface area contributed by atoms with Gasteiger partial charge in [-0.3, -0.25) is 0 Å². The van der Waals surface area contributed by atoms with E-state index in [0.29, 0.717) is 0 Å². The van der Waals surface area contributed by atoms with Crippen molar-refractivity contribution in [2.24, 2.45) is 0 Å². The van der Waals surface area contributed by atoms with Crippen LogP contribution in [0.3, 0.4) is 0 Å². The maximum Gasteiger partial charge on any atom is 0.195 e. The van der Waals surface area contributed by atoms with Gasteiger partial charge in [0.05, 0.1) is 0 Å². The van der Waals surface area contributed by atoms with E-state index in [4.69, 9.17) is 0 Å². The summed E-state index contributed by atoms with van der Waals surface area (Å²) < 4.78 is 77.1. The Bertz CT molecular complexity index is 537. The molecule has 0 aliphatic heterocycles. The molecule has 0 aliphatic rings. The Morgan fingerprint density at radius 3 is 1.12 bits per heavy atom. The fourth-order valence-corrected chi connectivity index (χ4v) is 1.35. The molecule has 0 unspecified atom stereocenters. The highest BCUT2D eigenvalue weighted by atomic mass is 19.2. The van der Waals surface area contributed by atoms with Crippen LogP contribution in [0.4, 0.5) is 26.3 Å². The minimum atomic E-state index is -1.86. The number of halogens is 6. The molecule has 0 fully saturated rings. The van der Waals surface area contributed by atoms with Crippen molar-refractivity contribution in [2.45, 2.75) is 0 Å². The molecule has 0 atom stereocenters. The summed E-state index contributed by atoms with van der Waals surface area (Å²) in [6.45, 7) is 0. The molecule has 0 heterocycles. The Morgan fingerprint density at radius 1 is 0.500 bits per heavy atom. The Hall–Kier alpha value is -1.72. The second kappa shape index (κ2) is 3.40. The largest absolute Gasteiger partial charge is 0.204 e. The van der Waals surface area contributed by atoms with Crippen LogP contribution in [0.25, 0.3) is 10.8 Å². The third-order valence-electron chi connectivity index (χ3n) is 2.11. The van der Waals surface area contributed by atoms with Crippen LogP contribution in [0.2, 0.25) is 0 Å². The van der Waals surface area contributed by atoms with E-state index in [9.17, 15) is 26.3 Å². The van der Waals surface area contributed by atoms with Gasteiger partial charge >= 0.3 is 0 Å². The van der Waals surface area contributed by atoms with Crippen LogP contribution in [0.5, 0.6) is 0 Å². The fraction of sp³-hybridized carbons (Fsp3) is 0. The third kappa shape index (κ3) is 1.33. The van der Waals surface area contributed by atoms with Gasteiger partial charge in [-0.05, 0) is 12.1 Å². The van der Waals surface area contributed by atoms with Gasteiger partial charge < -0.3 is 0 Å². The van der Waals surface area contributed by atoms with Crippen LogP contribution < -0.4 is 0 Å². The summed E-state index contributed by atoms with van der Waals surface area (Å²) in [5.41, 5.74) is 0. The van der Waals surface area contributed by atoms with E-state index in [0.717, 1.165) is 0 Å². The first-order chi connectivity index (χ1) is 7.43. The molecule has 0 aromatic heterocycles. The summed E-state index contributed by atoms with van der Waals surface area (Å²) in [4.78, 5) is 0. The van der Waals surface area contributed by atoms with Gasteiger partial charge in [0.2, 0.25) is 0 Å². The fourth-order valence-electron chi connectivity index (χ4n) is 1.35. The van der Waals surface area contributed by atoms with Crippen molar-refractivity contribution in [2.75, 3.05) is 0 Å². The van der Waals surface area contributed by atoms with E-state index >= 15 is 0 Å². The zero-order chi connectivity index (χ0) is 12.0. The predicted molar refractivity (Wildman–Crippen MR) is 43.7 cm³/mol. The lowest BCUT2D eigenvalue weighted by atomic mass is 10.1. The highest BCUT2D eigenvalue weighted by Crippen LogP contribution is 2.28. The summed E-state index contributed by atoms with van der Waals surface area (Å²) in [7, 11) is 0. The van der Waals surface area contributed by atoms with Crippen molar-refractivity contribution in [3.63, 3.8) is 0 Å². The lowest BCUT2D eigenvalue weighted by Crippen LogP contribution is -1.98. The molecule has 0 radical (unpaired) electrons. The monoisotopic (exact) mass is 236 g/mol. The molecule has 2 rings (SSSR count). The summed E-state index contributed by atoms with van der Waals surface area (Å²) in [5.74, 6) is -10.6. The molecular weight excluding hydrogens is 234 g/mol. The normalized spacial score (nSPS) is 11.1. The van der Waals surface area contributed by atoms with Gasteiger partial charge in [-0.2, -0.15) is 0 Å². The van der Waals surface area contributed by atoms with Crippen LogP contribution >= 0.6 is 0 Å². The molecule has 0 amide bonds. The number of benzene rings is 2. The van der Waals surface area contributed by atoms with E-state index in [-0.39, 0.29) is 12.1 Å². The molecule has 2 aromatic carbocycles. The quantitative estimate of drug-likeness (QED) is 0.483. The van der Waals surface area contributed by atoms with E-state index in [1.165, 1.54) is 0 Å². The smallest absolute Gasteiger partial charge is 0.195 e. The SMILES string of the molecule is Fc1cc2c(F)c(F)c(F)cc2c(F)c1F. The van der Waals surface area contributed by atoms with Crippen molar-refractivity contribution < 1.29 is 26.3 Å². The number of fused-ring (bicyclic) bond motifs is 1. The first-order valence-corrected chi connectivity index (χ1v) is 4.04. The van der Waals surface area contributed by atoms with E-state index < -0.39 is 45.7 Å².